The summed E-state index contributed by atoms with van der Waals surface area (Å²) in [5.41, 5.74) is 1.10. The van der Waals surface area contributed by atoms with Gasteiger partial charge in [-0.1, -0.05) is 46.3 Å². The van der Waals surface area contributed by atoms with Gasteiger partial charge in [-0.2, -0.15) is 0 Å². The van der Waals surface area contributed by atoms with Crippen molar-refractivity contribution in [3.8, 4) is 5.75 Å². The lowest BCUT2D eigenvalue weighted by atomic mass is 10.1. The van der Waals surface area contributed by atoms with E-state index in [-0.39, 0.29) is 18.6 Å². The van der Waals surface area contributed by atoms with Crippen LogP contribution in [0.5, 0.6) is 5.75 Å². The Labute approximate surface area is 147 Å². The predicted octanol–water partition coefficient (Wildman–Crippen LogP) is 4.81. The Bertz CT molecular complexity index is 646. The number of rotatable bonds is 5. The normalized spacial score (nSPS) is 11.8. The minimum absolute atomic E-state index is 0.00524. The van der Waals surface area contributed by atoms with E-state index in [0.29, 0.717) is 5.75 Å². The van der Waals surface area contributed by atoms with Crippen molar-refractivity contribution in [2.24, 2.45) is 0 Å². The van der Waals surface area contributed by atoms with Crippen LogP contribution in [0, 0.1) is 0 Å². The molecule has 0 radical (unpaired) electrons. The summed E-state index contributed by atoms with van der Waals surface area (Å²) >= 11 is 6.80. The smallest absolute Gasteiger partial charge is 0.260 e. The molecule has 0 aliphatic rings. The van der Waals surface area contributed by atoms with E-state index in [2.05, 4.69) is 31.9 Å². The second-order valence-electron chi connectivity index (χ2n) is 4.95. The first kappa shape index (κ1) is 17.0. The molecule has 2 aromatic carbocycles. The minimum Gasteiger partial charge on any atom is -0.483 e. The summed E-state index contributed by atoms with van der Waals surface area (Å²) in [5, 5.41) is 0. The van der Waals surface area contributed by atoms with E-state index in [0.717, 1.165) is 14.5 Å². The van der Waals surface area contributed by atoms with Gasteiger partial charge in [0.2, 0.25) is 0 Å². The van der Waals surface area contributed by atoms with Crippen LogP contribution >= 0.6 is 31.9 Å². The Morgan fingerprint density at radius 3 is 2.50 bits per heavy atom. The standard InChI is InChI=1S/C17H17Br2NO2/c1-12(13-6-4-3-5-7-13)20(2)17(21)11-22-16-9-8-14(18)10-15(16)19/h3-10,12H,11H2,1-2H3. The van der Waals surface area contributed by atoms with Crippen LogP contribution in [0.25, 0.3) is 0 Å². The average molecular weight is 427 g/mol. The van der Waals surface area contributed by atoms with Crippen LogP contribution in [0.1, 0.15) is 18.5 Å². The molecule has 0 spiro atoms. The Morgan fingerprint density at radius 2 is 1.86 bits per heavy atom. The van der Waals surface area contributed by atoms with Gasteiger partial charge in [-0.25, -0.2) is 0 Å². The highest BCUT2D eigenvalue weighted by Crippen LogP contribution is 2.28. The molecule has 2 aromatic rings. The van der Waals surface area contributed by atoms with Crippen molar-refractivity contribution in [2.45, 2.75) is 13.0 Å². The molecule has 0 aromatic heterocycles. The van der Waals surface area contributed by atoms with Crippen LogP contribution in [0.15, 0.2) is 57.5 Å². The zero-order chi connectivity index (χ0) is 16.1. The van der Waals surface area contributed by atoms with Gasteiger partial charge in [-0.05, 0) is 46.6 Å². The number of hydrogen-bond acceptors (Lipinski definition) is 2. The number of nitrogens with zero attached hydrogens (tertiary/aromatic N) is 1. The second-order valence-corrected chi connectivity index (χ2v) is 6.72. The fourth-order valence-electron chi connectivity index (χ4n) is 2.00. The fraction of sp³-hybridized carbons (Fsp3) is 0.235. The number of hydrogen-bond donors (Lipinski definition) is 0. The monoisotopic (exact) mass is 425 g/mol. The molecule has 0 saturated carbocycles. The minimum atomic E-state index is -0.0637. The predicted molar refractivity (Wildman–Crippen MR) is 95.0 cm³/mol. The van der Waals surface area contributed by atoms with E-state index in [9.17, 15) is 4.79 Å². The summed E-state index contributed by atoms with van der Waals surface area (Å²) in [5.74, 6) is 0.587. The lowest BCUT2D eigenvalue weighted by Crippen LogP contribution is -2.33. The number of benzene rings is 2. The van der Waals surface area contributed by atoms with Crippen molar-refractivity contribution < 1.29 is 9.53 Å². The molecule has 0 aliphatic heterocycles. The fourth-order valence-corrected chi connectivity index (χ4v) is 3.17. The van der Waals surface area contributed by atoms with Gasteiger partial charge in [-0.3, -0.25) is 4.79 Å². The van der Waals surface area contributed by atoms with Gasteiger partial charge in [-0.15, -0.1) is 0 Å². The van der Waals surface area contributed by atoms with Crippen molar-refractivity contribution in [1.82, 2.24) is 4.90 Å². The topological polar surface area (TPSA) is 29.5 Å². The van der Waals surface area contributed by atoms with Crippen LogP contribution in [0.3, 0.4) is 0 Å². The maximum absolute atomic E-state index is 12.3. The quantitative estimate of drug-likeness (QED) is 0.686. The maximum Gasteiger partial charge on any atom is 0.260 e. The van der Waals surface area contributed by atoms with Crippen LogP contribution < -0.4 is 4.74 Å². The number of carbonyl (C=O) groups is 1. The molecule has 0 bridgehead atoms. The van der Waals surface area contributed by atoms with Crippen LogP contribution in [-0.4, -0.2) is 24.5 Å². The Kier molecular flexibility index (Phi) is 6.03. The lowest BCUT2D eigenvalue weighted by Gasteiger charge is -2.25. The number of halogens is 2. The van der Waals surface area contributed by atoms with Crippen LogP contribution in [0.2, 0.25) is 0 Å². The van der Waals surface area contributed by atoms with E-state index in [1.165, 1.54) is 0 Å². The summed E-state index contributed by atoms with van der Waals surface area (Å²) in [6, 6.07) is 15.5. The molecule has 116 valence electrons. The molecule has 5 heteroatoms. The largest absolute Gasteiger partial charge is 0.483 e. The zero-order valence-corrected chi connectivity index (χ0v) is 15.6. The van der Waals surface area contributed by atoms with E-state index >= 15 is 0 Å². The van der Waals surface area contributed by atoms with Gasteiger partial charge in [0.15, 0.2) is 6.61 Å². The SMILES string of the molecule is CC(c1ccccc1)N(C)C(=O)COc1ccc(Br)cc1Br. The molecule has 0 aliphatic carbocycles. The summed E-state index contributed by atoms with van der Waals surface area (Å²) < 4.78 is 7.37. The van der Waals surface area contributed by atoms with E-state index in [1.54, 1.807) is 11.9 Å². The first-order chi connectivity index (χ1) is 10.5. The molecule has 1 atom stereocenters. The number of carbonyl (C=O) groups excluding carboxylic acids is 1. The lowest BCUT2D eigenvalue weighted by molar-refractivity contribution is -0.134. The molecule has 22 heavy (non-hydrogen) atoms. The van der Waals surface area contributed by atoms with E-state index in [4.69, 9.17) is 4.74 Å². The molecule has 1 amide bonds. The first-order valence-corrected chi connectivity index (χ1v) is 8.46. The molecular weight excluding hydrogens is 410 g/mol. The first-order valence-electron chi connectivity index (χ1n) is 6.87. The van der Waals surface area contributed by atoms with Gasteiger partial charge in [0, 0.05) is 11.5 Å². The van der Waals surface area contributed by atoms with E-state index in [1.807, 2.05) is 55.5 Å². The highest BCUT2D eigenvalue weighted by Gasteiger charge is 2.18. The summed E-state index contributed by atoms with van der Waals surface area (Å²) in [7, 11) is 1.79. The van der Waals surface area contributed by atoms with Crippen molar-refractivity contribution in [3.05, 3.63) is 63.0 Å². The van der Waals surface area contributed by atoms with Crippen molar-refractivity contribution in [2.75, 3.05) is 13.7 Å². The molecule has 1 unspecified atom stereocenters. The summed E-state index contributed by atoms with van der Waals surface area (Å²) in [6.45, 7) is 2.01. The number of likely N-dealkylation sites (N-methyl/N-ethyl adjacent to an activating group) is 1. The number of ether oxygens (including phenoxy) is 1. The third kappa shape index (κ3) is 4.34. The molecule has 0 N–H and O–H groups in total. The third-order valence-electron chi connectivity index (χ3n) is 3.50. The van der Waals surface area contributed by atoms with Gasteiger partial charge in [0.05, 0.1) is 10.5 Å². The van der Waals surface area contributed by atoms with Crippen LogP contribution in [0.4, 0.5) is 0 Å². The Morgan fingerprint density at radius 1 is 1.18 bits per heavy atom. The second kappa shape index (κ2) is 7.79. The Hall–Kier alpha value is -1.33. The van der Waals surface area contributed by atoms with Crippen molar-refractivity contribution in [3.63, 3.8) is 0 Å². The van der Waals surface area contributed by atoms with Crippen molar-refractivity contribution in [1.29, 1.82) is 0 Å². The summed E-state index contributed by atoms with van der Waals surface area (Å²) in [4.78, 5) is 14.0. The average Bonchev–Trinajstić information content (AvgIpc) is 2.53. The Balaban J connectivity index is 1.97. The maximum atomic E-state index is 12.3. The van der Waals surface area contributed by atoms with Gasteiger partial charge >= 0.3 is 0 Å². The number of amides is 1. The molecule has 0 fully saturated rings. The highest BCUT2D eigenvalue weighted by molar-refractivity contribution is 9.11. The molecule has 0 heterocycles. The van der Waals surface area contributed by atoms with Crippen molar-refractivity contribution >= 4 is 37.8 Å². The molecule has 2 rings (SSSR count). The molecular formula is C17H17Br2NO2. The van der Waals surface area contributed by atoms with Crippen LogP contribution in [-0.2, 0) is 4.79 Å². The molecule has 3 nitrogen and oxygen atoms in total. The zero-order valence-electron chi connectivity index (χ0n) is 12.4. The van der Waals surface area contributed by atoms with E-state index < -0.39 is 0 Å². The molecule has 0 saturated heterocycles. The summed E-state index contributed by atoms with van der Waals surface area (Å²) in [6.07, 6.45) is 0. The van der Waals surface area contributed by atoms with Gasteiger partial charge < -0.3 is 9.64 Å². The van der Waals surface area contributed by atoms with Gasteiger partial charge in [0.25, 0.3) is 5.91 Å². The van der Waals surface area contributed by atoms with Gasteiger partial charge in [0.1, 0.15) is 5.75 Å². The third-order valence-corrected chi connectivity index (χ3v) is 4.61. The highest BCUT2D eigenvalue weighted by atomic mass is 79.9.